The van der Waals surface area contributed by atoms with Crippen molar-refractivity contribution in [2.24, 2.45) is 0 Å². The Balaban J connectivity index is 2.69. The molecule has 2 atom stereocenters. The minimum Gasteiger partial charge on any atom is -0.496 e. The van der Waals surface area contributed by atoms with Crippen molar-refractivity contribution in [2.75, 3.05) is 28.4 Å². The fourth-order valence-electron chi connectivity index (χ4n) is 3.05. The molecule has 0 saturated carbocycles. The highest BCUT2D eigenvalue weighted by molar-refractivity contribution is 5.93. The summed E-state index contributed by atoms with van der Waals surface area (Å²) >= 11 is 0. The van der Waals surface area contributed by atoms with Gasteiger partial charge in [-0.1, -0.05) is 0 Å². The minimum absolute atomic E-state index is 0.0678. The summed E-state index contributed by atoms with van der Waals surface area (Å²) in [5, 5.41) is 9.72. The molecule has 0 bridgehead atoms. The SMILES string of the molecule is COc1cc(OC)c(C2CC(=O)N(C)C2(C)C(=O)O)c(OC)c1. The molecule has 1 amide bonds. The van der Waals surface area contributed by atoms with Gasteiger partial charge in [0.15, 0.2) is 0 Å². The first-order valence-corrected chi connectivity index (χ1v) is 7.11. The fraction of sp³-hybridized carbons (Fsp3) is 0.500. The third kappa shape index (κ3) is 2.46. The molecule has 1 aromatic carbocycles. The maximum atomic E-state index is 12.2. The van der Waals surface area contributed by atoms with Gasteiger partial charge in [0.05, 0.1) is 21.3 Å². The molecule has 1 aliphatic heterocycles. The van der Waals surface area contributed by atoms with Gasteiger partial charge in [0.1, 0.15) is 22.8 Å². The molecular weight excluding hydrogens is 302 g/mol. The van der Waals surface area contributed by atoms with Crippen LogP contribution in [0.1, 0.15) is 24.8 Å². The van der Waals surface area contributed by atoms with E-state index in [4.69, 9.17) is 14.2 Å². The molecule has 2 rings (SSSR count). The molecule has 1 aliphatic rings. The van der Waals surface area contributed by atoms with Gasteiger partial charge in [0, 0.05) is 37.1 Å². The molecule has 1 fully saturated rings. The van der Waals surface area contributed by atoms with Gasteiger partial charge in [-0.3, -0.25) is 4.79 Å². The van der Waals surface area contributed by atoms with Crippen LogP contribution in [-0.2, 0) is 9.59 Å². The first-order valence-electron chi connectivity index (χ1n) is 7.11. The van der Waals surface area contributed by atoms with Crippen molar-refractivity contribution in [1.29, 1.82) is 0 Å². The Labute approximate surface area is 134 Å². The van der Waals surface area contributed by atoms with Gasteiger partial charge in [0.25, 0.3) is 0 Å². The molecular formula is C16H21NO6. The lowest BCUT2D eigenvalue weighted by Gasteiger charge is -2.34. The number of carbonyl (C=O) groups is 2. The number of ether oxygens (including phenoxy) is 3. The minimum atomic E-state index is -1.38. The molecule has 2 unspecified atom stereocenters. The van der Waals surface area contributed by atoms with Crippen LogP contribution in [-0.4, -0.2) is 55.8 Å². The molecule has 0 aliphatic carbocycles. The van der Waals surface area contributed by atoms with Crippen molar-refractivity contribution in [2.45, 2.75) is 24.8 Å². The van der Waals surface area contributed by atoms with Crippen LogP contribution < -0.4 is 14.2 Å². The lowest BCUT2D eigenvalue weighted by Crippen LogP contribution is -2.50. The van der Waals surface area contributed by atoms with Crippen molar-refractivity contribution < 1.29 is 28.9 Å². The first kappa shape index (κ1) is 16.9. The van der Waals surface area contributed by atoms with E-state index in [1.54, 1.807) is 12.1 Å². The summed E-state index contributed by atoms with van der Waals surface area (Å²) in [6.45, 7) is 1.54. The van der Waals surface area contributed by atoms with Gasteiger partial charge in [0.2, 0.25) is 5.91 Å². The molecule has 1 aromatic rings. The van der Waals surface area contributed by atoms with Gasteiger partial charge in [-0.05, 0) is 6.92 Å². The van der Waals surface area contributed by atoms with Gasteiger partial charge in [-0.25, -0.2) is 4.79 Å². The number of aliphatic carboxylic acids is 1. The normalized spacial score (nSPS) is 23.8. The highest BCUT2D eigenvalue weighted by Crippen LogP contribution is 2.49. The Kier molecular flexibility index (Phi) is 4.40. The second-order valence-electron chi connectivity index (χ2n) is 5.61. The highest BCUT2D eigenvalue weighted by atomic mass is 16.5. The topological polar surface area (TPSA) is 85.3 Å². The van der Waals surface area contributed by atoms with Crippen molar-refractivity contribution in [1.82, 2.24) is 4.90 Å². The lowest BCUT2D eigenvalue weighted by molar-refractivity contribution is -0.152. The monoisotopic (exact) mass is 323 g/mol. The Bertz CT molecular complexity index is 618. The van der Waals surface area contributed by atoms with Crippen LogP contribution in [0.25, 0.3) is 0 Å². The zero-order chi connectivity index (χ0) is 17.4. The maximum absolute atomic E-state index is 12.2. The fourth-order valence-corrected chi connectivity index (χ4v) is 3.05. The predicted molar refractivity (Wildman–Crippen MR) is 82.3 cm³/mol. The summed E-state index contributed by atoms with van der Waals surface area (Å²) in [4.78, 5) is 25.3. The number of benzene rings is 1. The van der Waals surface area contributed by atoms with Gasteiger partial charge in [-0.15, -0.1) is 0 Å². The Hall–Kier alpha value is -2.44. The largest absolute Gasteiger partial charge is 0.496 e. The average Bonchev–Trinajstić information content (AvgIpc) is 2.78. The van der Waals surface area contributed by atoms with E-state index in [9.17, 15) is 14.7 Å². The number of nitrogens with zero attached hydrogens (tertiary/aromatic N) is 1. The molecule has 1 saturated heterocycles. The van der Waals surface area contributed by atoms with E-state index in [-0.39, 0.29) is 12.3 Å². The predicted octanol–water partition coefficient (Wildman–Crippen LogP) is 1.50. The summed E-state index contributed by atoms with van der Waals surface area (Å²) in [6, 6.07) is 3.31. The Morgan fingerprint density at radius 3 is 2.13 bits per heavy atom. The molecule has 126 valence electrons. The third-order valence-corrected chi connectivity index (χ3v) is 4.66. The second kappa shape index (κ2) is 5.98. The van der Waals surface area contributed by atoms with Crippen LogP contribution >= 0.6 is 0 Å². The number of hydrogen-bond acceptors (Lipinski definition) is 5. The number of amides is 1. The molecule has 7 nitrogen and oxygen atoms in total. The van der Waals surface area contributed by atoms with E-state index >= 15 is 0 Å². The number of likely N-dealkylation sites (tertiary alicyclic amines) is 1. The van der Waals surface area contributed by atoms with Crippen molar-refractivity contribution in [3.63, 3.8) is 0 Å². The smallest absolute Gasteiger partial charge is 0.329 e. The summed E-state index contributed by atoms with van der Waals surface area (Å²) in [5.74, 6) is -0.524. The number of rotatable bonds is 5. The van der Waals surface area contributed by atoms with Crippen LogP contribution in [0.4, 0.5) is 0 Å². The molecule has 0 radical (unpaired) electrons. The second-order valence-corrected chi connectivity index (χ2v) is 5.61. The van der Waals surface area contributed by atoms with Crippen molar-refractivity contribution in [3.8, 4) is 17.2 Å². The van der Waals surface area contributed by atoms with Gasteiger partial charge >= 0.3 is 5.97 Å². The average molecular weight is 323 g/mol. The van der Waals surface area contributed by atoms with Crippen LogP contribution in [0.3, 0.4) is 0 Å². The number of carbonyl (C=O) groups excluding carboxylic acids is 1. The van der Waals surface area contributed by atoms with E-state index in [1.165, 1.54) is 40.2 Å². The van der Waals surface area contributed by atoms with Crippen LogP contribution in [0, 0.1) is 0 Å². The summed E-state index contributed by atoms with van der Waals surface area (Å²) < 4.78 is 16.0. The van der Waals surface area contributed by atoms with Crippen LogP contribution in [0.2, 0.25) is 0 Å². The summed E-state index contributed by atoms with van der Waals surface area (Å²) in [6.07, 6.45) is 0.0678. The van der Waals surface area contributed by atoms with E-state index < -0.39 is 17.4 Å². The van der Waals surface area contributed by atoms with Crippen LogP contribution in [0.5, 0.6) is 17.2 Å². The zero-order valence-electron chi connectivity index (χ0n) is 13.9. The molecule has 1 N–H and O–H groups in total. The van der Waals surface area contributed by atoms with Crippen LogP contribution in [0.15, 0.2) is 12.1 Å². The van der Waals surface area contributed by atoms with E-state index in [2.05, 4.69) is 0 Å². The molecule has 0 spiro atoms. The third-order valence-electron chi connectivity index (χ3n) is 4.66. The molecule has 7 heteroatoms. The Morgan fingerprint density at radius 1 is 1.22 bits per heavy atom. The summed E-state index contributed by atoms with van der Waals surface area (Å²) in [5.41, 5.74) is -0.829. The number of carboxylic acid groups (broad SMARTS) is 1. The molecule has 1 heterocycles. The number of hydrogen-bond donors (Lipinski definition) is 1. The quantitative estimate of drug-likeness (QED) is 0.884. The highest BCUT2D eigenvalue weighted by Gasteiger charge is 2.55. The number of methoxy groups -OCH3 is 3. The molecule has 23 heavy (non-hydrogen) atoms. The van der Waals surface area contributed by atoms with Crippen molar-refractivity contribution in [3.05, 3.63) is 17.7 Å². The van der Waals surface area contributed by atoms with E-state index in [0.29, 0.717) is 22.8 Å². The standard InChI is InChI=1S/C16H21NO6/c1-16(15(19)20)10(8-13(18)17(16)2)14-11(22-4)6-9(21-3)7-12(14)23-5/h6-7,10H,8H2,1-5H3,(H,19,20). The zero-order valence-corrected chi connectivity index (χ0v) is 13.9. The summed E-state index contributed by atoms with van der Waals surface area (Å²) in [7, 11) is 5.98. The molecule has 0 aromatic heterocycles. The van der Waals surface area contributed by atoms with E-state index in [0.717, 1.165) is 0 Å². The van der Waals surface area contributed by atoms with Crippen molar-refractivity contribution >= 4 is 11.9 Å². The first-order chi connectivity index (χ1) is 10.8. The van der Waals surface area contributed by atoms with E-state index in [1.807, 2.05) is 0 Å². The number of carboxylic acids is 1. The lowest BCUT2D eigenvalue weighted by atomic mass is 9.80. The maximum Gasteiger partial charge on any atom is 0.329 e. The Morgan fingerprint density at radius 2 is 1.74 bits per heavy atom. The number of likely N-dealkylation sites (N-methyl/N-ethyl adjacent to an activating group) is 1. The van der Waals surface area contributed by atoms with Gasteiger partial charge < -0.3 is 24.2 Å². The van der Waals surface area contributed by atoms with Gasteiger partial charge in [-0.2, -0.15) is 0 Å².